The molecular weight excluding hydrogens is 396 g/mol. The molecule has 0 aliphatic heterocycles. The number of hydrogen-bond donors (Lipinski definition) is 2. The van der Waals surface area contributed by atoms with Gasteiger partial charge in [-0.2, -0.15) is 0 Å². The number of carboxylic acids is 1. The van der Waals surface area contributed by atoms with E-state index in [1.54, 1.807) is 18.2 Å². The molecule has 0 bridgehead atoms. The van der Waals surface area contributed by atoms with E-state index in [1.807, 2.05) is 31.2 Å². The van der Waals surface area contributed by atoms with Crippen molar-refractivity contribution in [1.82, 2.24) is 4.57 Å². The number of carboxylic acid groups (broad SMARTS) is 1. The van der Waals surface area contributed by atoms with Crippen molar-refractivity contribution in [1.29, 1.82) is 0 Å². The number of para-hydroxylation sites is 1. The molecule has 2 aromatic carbocycles. The zero-order valence-corrected chi connectivity index (χ0v) is 19.1. The number of aliphatic hydroxyl groups is 2. The van der Waals surface area contributed by atoms with Crippen molar-refractivity contribution >= 4 is 22.9 Å². The van der Waals surface area contributed by atoms with Gasteiger partial charge in [0.1, 0.15) is 5.82 Å². The SMILES string of the molecule is CCn1c(C=C[C@@H](O)C[C@@H](O)CC(=O)[O-])c(-c2ccc(F)cc2)c2ccccc21.[Na+]. The van der Waals surface area contributed by atoms with Crippen molar-refractivity contribution in [2.75, 3.05) is 0 Å². The molecule has 0 unspecified atom stereocenters. The minimum absolute atomic E-state index is 0. The van der Waals surface area contributed by atoms with E-state index < -0.39 is 24.6 Å². The summed E-state index contributed by atoms with van der Waals surface area (Å²) in [7, 11) is 0. The zero-order valence-electron chi connectivity index (χ0n) is 17.1. The number of carbonyl (C=O) groups is 1. The summed E-state index contributed by atoms with van der Waals surface area (Å²) in [6.45, 7) is 2.70. The Morgan fingerprint density at radius 1 is 1.17 bits per heavy atom. The Kier molecular flexibility index (Phi) is 8.82. The molecule has 2 atom stereocenters. The van der Waals surface area contributed by atoms with Crippen LogP contribution >= 0.6 is 0 Å². The summed E-state index contributed by atoms with van der Waals surface area (Å²) in [5.74, 6) is -1.68. The largest absolute Gasteiger partial charge is 1.00 e. The molecular formula is C23H23FNNaO4. The number of halogens is 1. The van der Waals surface area contributed by atoms with Crippen LogP contribution in [-0.2, 0) is 11.3 Å². The monoisotopic (exact) mass is 419 g/mol. The van der Waals surface area contributed by atoms with E-state index in [1.165, 1.54) is 18.2 Å². The second kappa shape index (κ2) is 10.9. The standard InChI is InChI=1S/C23H24FNO4.Na/c1-2-25-20-6-4-3-5-19(20)23(15-7-9-16(24)10-8-15)21(25)12-11-17(26)13-18(27)14-22(28)29;/h3-12,17-18,26-27H,2,13-14H2,1H3,(H,28,29);/q;+1/p-1/t17-,18-;/m1./s1. The number of rotatable bonds is 8. The van der Waals surface area contributed by atoms with E-state index in [0.29, 0.717) is 6.54 Å². The number of aryl methyl sites for hydroxylation is 1. The molecule has 152 valence electrons. The Bertz CT molecular complexity index is 1030. The van der Waals surface area contributed by atoms with Crippen LogP contribution in [0.5, 0.6) is 0 Å². The molecule has 0 aliphatic carbocycles. The maximum absolute atomic E-state index is 13.4. The fourth-order valence-corrected chi connectivity index (χ4v) is 3.59. The van der Waals surface area contributed by atoms with Gasteiger partial charge in [0, 0.05) is 47.5 Å². The van der Waals surface area contributed by atoms with Gasteiger partial charge in [-0.3, -0.25) is 0 Å². The molecule has 1 aromatic heterocycles. The van der Waals surface area contributed by atoms with Crippen LogP contribution in [0.1, 0.15) is 25.5 Å². The molecule has 7 heteroatoms. The Morgan fingerprint density at radius 3 is 2.47 bits per heavy atom. The van der Waals surface area contributed by atoms with Gasteiger partial charge in [0.25, 0.3) is 0 Å². The molecule has 0 spiro atoms. The van der Waals surface area contributed by atoms with Gasteiger partial charge in [-0.15, -0.1) is 0 Å². The quantitative estimate of drug-likeness (QED) is 0.493. The number of aliphatic carboxylic acids is 1. The van der Waals surface area contributed by atoms with Crippen LogP contribution in [0.25, 0.3) is 28.1 Å². The van der Waals surface area contributed by atoms with Crippen LogP contribution in [0.3, 0.4) is 0 Å². The third-order valence-corrected chi connectivity index (χ3v) is 4.85. The molecule has 0 fully saturated rings. The number of aliphatic hydroxyl groups excluding tert-OH is 2. The first-order valence-electron chi connectivity index (χ1n) is 9.52. The third-order valence-electron chi connectivity index (χ3n) is 4.85. The van der Waals surface area contributed by atoms with Gasteiger partial charge in [-0.25, -0.2) is 4.39 Å². The molecule has 0 saturated carbocycles. The number of hydrogen-bond acceptors (Lipinski definition) is 4. The van der Waals surface area contributed by atoms with Gasteiger partial charge in [-0.05, 0) is 36.8 Å². The Morgan fingerprint density at radius 2 is 1.83 bits per heavy atom. The van der Waals surface area contributed by atoms with E-state index >= 15 is 0 Å². The molecule has 5 nitrogen and oxygen atoms in total. The third kappa shape index (κ3) is 5.59. The average Bonchev–Trinajstić information content (AvgIpc) is 2.99. The summed E-state index contributed by atoms with van der Waals surface area (Å²) in [5.41, 5.74) is 3.62. The molecule has 30 heavy (non-hydrogen) atoms. The van der Waals surface area contributed by atoms with Crippen molar-refractivity contribution in [3.63, 3.8) is 0 Å². The fourth-order valence-electron chi connectivity index (χ4n) is 3.59. The van der Waals surface area contributed by atoms with Crippen LogP contribution in [0.2, 0.25) is 0 Å². The summed E-state index contributed by atoms with van der Waals surface area (Å²) < 4.78 is 15.5. The van der Waals surface area contributed by atoms with Gasteiger partial charge >= 0.3 is 29.6 Å². The molecule has 2 N–H and O–H groups in total. The fraction of sp³-hybridized carbons (Fsp3) is 0.261. The molecule has 3 aromatic rings. The number of benzene rings is 2. The van der Waals surface area contributed by atoms with Gasteiger partial charge < -0.3 is 24.7 Å². The maximum atomic E-state index is 13.4. The van der Waals surface area contributed by atoms with Gasteiger partial charge in [0.05, 0.1) is 12.2 Å². The van der Waals surface area contributed by atoms with E-state index in [9.17, 15) is 24.5 Å². The first-order chi connectivity index (χ1) is 13.9. The van der Waals surface area contributed by atoms with Crippen LogP contribution in [0.4, 0.5) is 4.39 Å². The van der Waals surface area contributed by atoms with Crippen molar-refractivity contribution in [3.05, 3.63) is 66.1 Å². The second-order valence-corrected chi connectivity index (χ2v) is 6.92. The number of carbonyl (C=O) groups excluding carboxylic acids is 1. The summed E-state index contributed by atoms with van der Waals surface area (Å²) in [4.78, 5) is 10.6. The van der Waals surface area contributed by atoms with Crippen LogP contribution in [0, 0.1) is 5.82 Å². The number of nitrogens with zero attached hydrogens (tertiary/aromatic N) is 1. The first kappa shape index (κ1) is 24.3. The van der Waals surface area contributed by atoms with E-state index in [2.05, 4.69) is 4.57 Å². The second-order valence-electron chi connectivity index (χ2n) is 6.92. The van der Waals surface area contributed by atoms with Crippen molar-refractivity contribution < 1.29 is 54.1 Å². The van der Waals surface area contributed by atoms with Crippen LogP contribution in [0.15, 0.2) is 54.6 Å². The van der Waals surface area contributed by atoms with E-state index in [-0.39, 0.29) is 41.8 Å². The molecule has 0 radical (unpaired) electrons. The minimum atomic E-state index is -1.36. The Hall–Kier alpha value is -1.96. The van der Waals surface area contributed by atoms with Crippen LogP contribution < -0.4 is 34.7 Å². The summed E-state index contributed by atoms with van der Waals surface area (Å²) in [6, 6.07) is 14.1. The number of aromatic nitrogens is 1. The molecule has 3 rings (SSSR count). The zero-order chi connectivity index (χ0) is 21.0. The van der Waals surface area contributed by atoms with Gasteiger partial charge in [0.2, 0.25) is 0 Å². The molecule has 0 saturated heterocycles. The normalized spacial score (nSPS) is 13.3. The van der Waals surface area contributed by atoms with Gasteiger partial charge in [-0.1, -0.05) is 36.4 Å². The topological polar surface area (TPSA) is 85.5 Å². The van der Waals surface area contributed by atoms with Crippen molar-refractivity contribution in [2.45, 2.75) is 38.5 Å². The van der Waals surface area contributed by atoms with Crippen molar-refractivity contribution in [3.8, 4) is 11.1 Å². The summed E-state index contributed by atoms with van der Waals surface area (Å²) >= 11 is 0. The molecule has 1 heterocycles. The molecule has 0 amide bonds. The molecule has 0 aliphatic rings. The maximum Gasteiger partial charge on any atom is 1.00 e. The average molecular weight is 419 g/mol. The predicted octanol–water partition coefficient (Wildman–Crippen LogP) is -0.264. The van der Waals surface area contributed by atoms with Crippen LogP contribution in [-0.4, -0.2) is 33.0 Å². The summed E-state index contributed by atoms with van der Waals surface area (Å²) in [5, 5.41) is 31.5. The minimum Gasteiger partial charge on any atom is -0.550 e. The smallest absolute Gasteiger partial charge is 0.550 e. The Labute approximate surface area is 196 Å². The van der Waals surface area contributed by atoms with E-state index in [4.69, 9.17) is 0 Å². The van der Waals surface area contributed by atoms with E-state index in [0.717, 1.165) is 27.7 Å². The predicted molar refractivity (Wildman–Crippen MR) is 108 cm³/mol. The number of fused-ring (bicyclic) bond motifs is 1. The van der Waals surface area contributed by atoms with Gasteiger partial charge in [0.15, 0.2) is 0 Å². The van der Waals surface area contributed by atoms with Crippen molar-refractivity contribution in [2.24, 2.45) is 0 Å². The first-order valence-corrected chi connectivity index (χ1v) is 9.52. The Balaban J connectivity index is 0.00000320. The summed E-state index contributed by atoms with van der Waals surface area (Å²) in [6.07, 6.45) is 0.454.